The molecule has 1 N–H and O–H groups in total. The molecule has 6 heteroatoms. The fraction of sp³-hybridized carbons (Fsp3) is 0.458. The van der Waals surface area contributed by atoms with Crippen molar-refractivity contribution in [3.8, 4) is 0 Å². The lowest BCUT2D eigenvalue weighted by atomic mass is 9.68. The number of carbonyl (C=O) groups excluding carboxylic acids is 3. The summed E-state index contributed by atoms with van der Waals surface area (Å²) in [5, 5.41) is 3.27. The molecule has 2 aliphatic rings. The molecule has 1 aliphatic carbocycles. The minimum absolute atomic E-state index is 0.203. The second kappa shape index (κ2) is 8.46. The second-order valence-corrected chi connectivity index (χ2v) is 8.35. The number of allylic oxidation sites excluding steroid dienone is 3. The number of esters is 2. The maximum Gasteiger partial charge on any atom is 0.337 e. The first-order valence-corrected chi connectivity index (χ1v) is 10.3. The minimum Gasteiger partial charge on any atom is -0.468 e. The lowest BCUT2D eigenvalue weighted by molar-refractivity contribution is -0.151. The quantitative estimate of drug-likeness (QED) is 0.603. The van der Waals surface area contributed by atoms with Crippen molar-refractivity contribution in [1.82, 2.24) is 5.32 Å². The van der Waals surface area contributed by atoms with Crippen molar-refractivity contribution < 1.29 is 23.9 Å². The third-order valence-corrected chi connectivity index (χ3v) is 5.81. The van der Waals surface area contributed by atoms with Gasteiger partial charge >= 0.3 is 11.9 Å². The molecule has 0 radical (unpaired) electrons. The highest BCUT2D eigenvalue weighted by Gasteiger charge is 2.47. The SMILES string of the molecule is COC(=O)C1C(=O)C2=C(CC1C)NC(C)=C(C(=O)OC(C)C)C2c1ccccc1C. The Kier molecular flexibility index (Phi) is 6.15. The van der Waals surface area contributed by atoms with E-state index in [0.29, 0.717) is 23.3 Å². The summed E-state index contributed by atoms with van der Waals surface area (Å²) >= 11 is 0. The number of aryl methyl sites for hydroxylation is 1. The number of nitrogens with one attached hydrogen (secondary N) is 1. The first kappa shape index (κ1) is 21.8. The number of dihydropyridines is 1. The number of ketones is 1. The Morgan fingerprint density at radius 1 is 1.17 bits per heavy atom. The van der Waals surface area contributed by atoms with Crippen molar-refractivity contribution in [2.45, 2.75) is 53.1 Å². The number of carbonyl (C=O) groups is 3. The fourth-order valence-corrected chi connectivity index (χ4v) is 4.45. The van der Waals surface area contributed by atoms with Gasteiger partial charge in [0.2, 0.25) is 0 Å². The van der Waals surface area contributed by atoms with Crippen LogP contribution in [-0.4, -0.2) is 30.9 Å². The summed E-state index contributed by atoms with van der Waals surface area (Å²) in [6.45, 7) is 9.23. The third kappa shape index (κ3) is 3.78. The number of Topliss-reactive ketones (excluding diaryl/α,β-unsaturated/α-hetero) is 1. The molecule has 1 heterocycles. The van der Waals surface area contributed by atoms with E-state index >= 15 is 0 Å². The lowest BCUT2D eigenvalue weighted by Crippen LogP contribution is -2.43. The largest absolute Gasteiger partial charge is 0.468 e. The van der Waals surface area contributed by atoms with Crippen LogP contribution in [0.1, 0.15) is 51.2 Å². The van der Waals surface area contributed by atoms with Crippen LogP contribution >= 0.6 is 0 Å². The molecule has 1 aromatic rings. The summed E-state index contributed by atoms with van der Waals surface area (Å²) in [6, 6.07) is 7.68. The zero-order chi connectivity index (χ0) is 22.2. The molecule has 3 atom stereocenters. The molecule has 3 unspecified atom stereocenters. The van der Waals surface area contributed by atoms with Crippen LogP contribution in [0.4, 0.5) is 0 Å². The molecule has 3 rings (SSSR count). The van der Waals surface area contributed by atoms with Crippen LogP contribution in [0.3, 0.4) is 0 Å². The highest BCUT2D eigenvalue weighted by molar-refractivity contribution is 6.12. The Bertz CT molecular complexity index is 956. The van der Waals surface area contributed by atoms with Gasteiger partial charge in [0.15, 0.2) is 5.78 Å². The Balaban J connectivity index is 2.21. The Labute approximate surface area is 177 Å². The predicted octanol–water partition coefficient (Wildman–Crippen LogP) is 3.56. The summed E-state index contributed by atoms with van der Waals surface area (Å²) in [4.78, 5) is 39.1. The molecule has 1 aromatic carbocycles. The van der Waals surface area contributed by atoms with E-state index in [2.05, 4.69) is 5.32 Å². The van der Waals surface area contributed by atoms with Crippen molar-refractivity contribution in [2.24, 2.45) is 11.8 Å². The van der Waals surface area contributed by atoms with Crippen LogP contribution in [0.2, 0.25) is 0 Å². The number of ether oxygens (including phenoxy) is 2. The number of rotatable bonds is 4. The summed E-state index contributed by atoms with van der Waals surface area (Å²) in [7, 11) is 1.29. The molecule has 6 nitrogen and oxygen atoms in total. The molecule has 0 spiro atoms. The number of hydrogen-bond donors (Lipinski definition) is 1. The maximum absolute atomic E-state index is 13.6. The van der Waals surface area contributed by atoms with Gasteiger partial charge in [0, 0.05) is 22.9 Å². The van der Waals surface area contributed by atoms with Gasteiger partial charge in [-0.15, -0.1) is 0 Å². The molecular weight excluding hydrogens is 382 g/mol. The van der Waals surface area contributed by atoms with E-state index in [1.807, 2.05) is 45.0 Å². The predicted molar refractivity (Wildman–Crippen MR) is 112 cm³/mol. The topological polar surface area (TPSA) is 81.7 Å². The van der Waals surface area contributed by atoms with Crippen LogP contribution in [0.15, 0.2) is 46.8 Å². The smallest absolute Gasteiger partial charge is 0.337 e. The number of hydrogen-bond acceptors (Lipinski definition) is 6. The van der Waals surface area contributed by atoms with E-state index in [0.717, 1.165) is 16.8 Å². The fourth-order valence-electron chi connectivity index (χ4n) is 4.45. The van der Waals surface area contributed by atoms with Gasteiger partial charge in [0.25, 0.3) is 0 Å². The van der Waals surface area contributed by atoms with Gasteiger partial charge in [0.1, 0.15) is 5.92 Å². The molecular formula is C24H29NO5. The molecule has 0 aromatic heterocycles. The van der Waals surface area contributed by atoms with Crippen LogP contribution in [0, 0.1) is 18.8 Å². The Morgan fingerprint density at radius 3 is 2.43 bits per heavy atom. The zero-order valence-electron chi connectivity index (χ0n) is 18.4. The van der Waals surface area contributed by atoms with Gasteiger partial charge < -0.3 is 14.8 Å². The summed E-state index contributed by atoms with van der Waals surface area (Å²) < 4.78 is 10.4. The average molecular weight is 411 g/mol. The van der Waals surface area contributed by atoms with Crippen LogP contribution in [0.5, 0.6) is 0 Å². The first-order chi connectivity index (χ1) is 14.2. The van der Waals surface area contributed by atoms with Gasteiger partial charge in [-0.1, -0.05) is 31.2 Å². The highest BCUT2D eigenvalue weighted by Crippen LogP contribution is 2.46. The summed E-state index contributed by atoms with van der Waals surface area (Å²) in [6.07, 6.45) is 0.225. The molecule has 30 heavy (non-hydrogen) atoms. The normalized spacial score (nSPS) is 23.8. The maximum atomic E-state index is 13.6. The second-order valence-electron chi connectivity index (χ2n) is 8.35. The monoisotopic (exact) mass is 411 g/mol. The van der Waals surface area contributed by atoms with E-state index in [-0.39, 0.29) is 17.8 Å². The molecule has 0 bridgehead atoms. The van der Waals surface area contributed by atoms with E-state index in [9.17, 15) is 14.4 Å². The average Bonchev–Trinajstić information content (AvgIpc) is 2.66. The minimum atomic E-state index is -0.886. The van der Waals surface area contributed by atoms with E-state index in [1.165, 1.54) is 7.11 Å². The zero-order valence-corrected chi connectivity index (χ0v) is 18.4. The van der Waals surface area contributed by atoms with Gasteiger partial charge in [-0.05, 0) is 51.2 Å². The van der Waals surface area contributed by atoms with E-state index in [4.69, 9.17) is 9.47 Å². The van der Waals surface area contributed by atoms with Gasteiger partial charge in [-0.25, -0.2) is 4.79 Å². The molecule has 0 saturated heterocycles. The lowest BCUT2D eigenvalue weighted by Gasteiger charge is -2.38. The molecule has 1 aliphatic heterocycles. The van der Waals surface area contributed by atoms with Gasteiger partial charge in [0.05, 0.1) is 18.8 Å². The van der Waals surface area contributed by atoms with Crippen molar-refractivity contribution in [1.29, 1.82) is 0 Å². The van der Waals surface area contributed by atoms with Crippen molar-refractivity contribution in [2.75, 3.05) is 7.11 Å². The van der Waals surface area contributed by atoms with Gasteiger partial charge in [-0.3, -0.25) is 9.59 Å². The third-order valence-electron chi connectivity index (χ3n) is 5.81. The standard InChI is InChI=1S/C24H29NO5/c1-12(2)30-24(28)19-15(5)25-17-11-14(4)18(23(27)29-6)22(26)21(17)20(19)16-10-8-7-9-13(16)3/h7-10,12,14,18,20,25H,11H2,1-6H3. The Morgan fingerprint density at radius 2 is 1.83 bits per heavy atom. The van der Waals surface area contributed by atoms with Crippen LogP contribution in [0.25, 0.3) is 0 Å². The summed E-state index contributed by atoms with van der Waals surface area (Å²) in [5.41, 5.74) is 4.11. The van der Waals surface area contributed by atoms with Gasteiger partial charge in [-0.2, -0.15) is 0 Å². The van der Waals surface area contributed by atoms with Crippen LogP contribution < -0.4 is 5.32 Å². The first-order valence-electron chi connectivity index (χ1n) is 10.3. The Hall–Kier alpha value is -2.89. The van der Waals surface area contributed by atoms with E-state index in [1.54, 1.807) is 13.8 Å². The van der Waals surface area contributed by atoms with E-state index < -0.39 is 23.8 Å². The van der Waals surface area contributed by atoms with Crippen molar-refractivity contribution in [3.63, 3.8) is 0 Å². The molecule has 0 amide bonds. The highest BCUT2D eigenvalue weighted by atomic mass is 16.5. The van der Waals surface area contributed by atoms with Crippen LogP contribution in [-0.2, 0) is 23.9 Å². The molecule has 0 saturated carbocycles. The number of methoxy groups -OCH3 is 1. The molecule has 0 fully saturated rings. The number of benzene rings is 1. The van der Waals surface area contributed by atoms with Crippen molar-refractivity contribution in [3.05, 3.63) is 57.9 Å². The molecule has 160 valence electrons. The summed E-state index contributed by atoms with van der Waals surface area (Å²) in [5.74, 6) is -2.98. The van der Waals surface area contributed by atoms with Crippen molar-refractivity contribution >= 4 is 17.7 Å².